The van der Waals surface area contributed by atoms with Gasteiger partial charge in [-0.15, -0.1) is 0 Å². The zero-order valence-electron chi connectivity index (χ0n) is 16.1. The zero-order valence-corrected chi connectivity index (χ0v) is 16.1. The van der Waals surface area contributed by atoms with Crippen LogP contribution in [0.2, 0.25) is 0 Å². The number of hydrogen-bond acceptors (Lipinski definition) is 4. The first-order valence-electron chi connectivity index (χ1n) is 9.14. The molecule has 2 aromatic heterocycles. The van der Waals surface area contributed by atoms with Crippen LogP contribution in [0.15, 0.2) is 71.8 Å². The Morgan fingerprint density at radius 3 is 2.55 bits per heavy atom. The summed E-state index contributed by atoms with van der Waals surface area (Å²) < 4.78 is 40.6. The molecule has 1 amide bonds. The fraction of sp³-hybridized carbons (Fsp3) is 0.0909. The largest absolute Gasteiger partial charge is 0.416 e. The maximum absolute atomic E-state index is 13.1. The van der Waals surface area contributed by atoms with Gasteiger partial charge in [0.05, 0.1) is 22.2 Å². The van der Waals surface area contributed by atoms with E-state index in [4.69, 9.17) is 0 Å². The number of nitrogens with one attached hydrogen (secondary N) is 1. The predicted molar refractivity (Wildman–Crippen MR) is 110 cm³/mol. The first kappa shape index (κ1) is 20.3. The van der Waals surface area contributed by atoms with Gasteiger partial charge in [0.1, 0.15) is 11.3 Å². The van der Waals surface area contributed by atoms with E-state index in [1.807, 2.05) is 0 Å². The number of anilines is 1. The third kappa shape index (κ3) is 3.89. The molecule has 0 bridgehead atoms. The average Bonchev–Trinajstić information content (AvgIpc) is 2.76. The van der Waals surface area contributed by atoms with E-state index in [0.29, 0.717) is 5.56 Å². The van der Waals surface area contributed by atoms with Crippen molar-refractivity contribution in [3.05, 3.63) is 88.5 Å². The SMILES string of the molecule is Cn1c(-c2cccc(C(F)(F)F)c2)nc2c(NC(=O)c3cccnc3)cccc2c1=O. The van der Waals surface area contributed by atoms with Gasteiger partial charge in [-0.3, -0.25) is 19.1 Å². The lowest BCUT2D eigenvalue weighted by Crippen LogP contribution is -2.21. The van der Waals surface area contributed by atoms with E-state index < -0.39 is 23.2 Å². The highest BCUT2D eigenvalue weighted by atomic mass is 19.4. The molecule has 1 N–H and O–H groups in total. The van der Waals surface area contributed by atoms with Gasteiger partial charge in [0.25, 0.3) is 11.5 Å². The van der Waals surface area contributed by atoms with Gasteiger partial charge in [0.15, 0.2) is 0 Å². The van der Waals surface area contributed by atoms with Crippen molar-refractivity contribution in [2.45, 2.75) is 6.18 Å². The Morgan fingerprint density at radius 2 is 1.84 bits per heavy atom. The number of halogens is 3. The van der Waals surface area contributed by atoms with Crippen LogP contribution in [0.25, 0.3) is 22.3 Å². The first-order valence-corrected chi connectivity index (χ1v) is 9.14. The molecule has 4 rings (SSSR count). The minimum absolute atomic E-state index is 0.0478. The molecule has 9 heteroatoms. The highest BCUT2D eigenvalue weighted by molar-refractivity contribution is 6.08. The molecule has 0 saturated heterocycles. The summed E-state index contributed by atoms with van der Waals surface area (Å²) in [6.45, 7) is 0. The van der Waals surface area contributed by atoms with Gasteiger partial charge >= 0.3 is 6.18 Å². The van der Waals surface area contributed by atoms with Crippen LogP contribution in [-0.4, -0.2) is 20.4 Å². The number of fused-ring (bicyclic) bond motifs is 1. The van der Waals surface area contributed by atoms with E-state index >= 15 is 0 Å². The Kier molecular flexibility index (Phi) is 5.02. The number of para-hydroxylation sites is 1. The van der Waals surface area contributed by atoms with E-state index in [0.717, 1.165) is 12.1 Å². The van der Waals surface area contributed by atoms with Crippen LogP contribution in [0.4, 0.5) is 18.9 Å². The van der Waals surface area contributed by atoms with Crippen LogP contribution in [0, 0.1) is 0 Å². The Hall–Kier alpha value is -4.01. The van der Waals surface area contributed by atoms with Gasteiger partial charge in [-0.1, -0.05) is 18.2 Å². The molecule has 0 saturated carbocycles. The molecular weight excluding hydrogens is 409 g/mol. The number of rotatable bonds is 3. The molecule has 2 heterocycles. The Bertz CT molecular complexity index is 1350. The fourth-order valence-electron chi connectivity index (χ4n) is 3.18. The van der Waals surface area contributed by atoms with Crippen molar-refractivity contribution < 1.29 is 18.0 Å². The summed E-state index contributed by atoms with van der Waals surface area (Å²) in [5, 5.41) is 2.92. The van der Waals surface area contributed by atoms with Crippen molar-refractivity contribution in [3.63, 3.8) is 0 Å². The van der Waals surface area contributed by atoms with Crippen molar-refractivity contribution in [2.24, 2.45) is 7.05 Å². The maximum Gasteiger partial charge on any atom is 0.416 e. The van der Waals surface area contributed by atoms with Crippen LogP contribution in [0.3, 0.4) is 0 Å². The van der Waals surface area contributed by atoms with Crippen LogP contribution >= 0.6 is 0 Å². The summed E-state index contributed by atoms with van der Waals surface area (Å²) in [6.07, 6.45) is -1.61. The molecule has 6 nitrogen and oxygen atoms in total. The van der Waals surface area contributed by atoms with Gasteiger partial charge in [0.2, 0.25) is 0 Å². The van der Waals surface area contributed by atoms with E-state index in [1.165, 1.54) is 36.1 Å². The fourth-order valence-corrected chi connectivity index (χ4v) is 3.18. The van der Waals surface area contributed by atoms with E-state index in [-0.39, 0.29) is 28.0 Å². The summed E-state index contributed by atoms with van der Waals surface area (Å²) in [6, 6.07) is 12.5. The van der Waals surface area contributed by atoms with E-state index in [1.54, 1.807) is 30.3 Å². The Morgan fingerprint density at radius 1 is 1.06 bits per heavy atom. The number of amides is 1. The Labute approximate surface area is 174 Å². The van der Waals surface area contributed by atoms with Crippen LogP contribution < -0.4 is 10.9 Å². The van der Waals surface area contributed by atoms with Crippen LogP contribution in [-0.2, 0) is 13.2 Å². The standard InChI is InChI=1S/C22H15F3N4O2/c1-29-19(13-5-2-7-15(11-13)22(23,24)25)28-18-16(21(29)31)8-3-9-17(18)27-20(30)14-6-4-10-26-12-14/h2-12H,1H3,(H,27,30). The number of carbonyl (C=O) groups excluding carboxylic acids is 1. The molecule has 0 atom stereocenters. The number of hydrogen-bond donors (Lipinski definition) is 1. The van der Waals surface area contributed by atoms with Crippen molar-refractivity contribution >= 4 is 22.5 Å². The molecule has 0 aliphatic carbocycles. The number of nitrogens with zero attached hydrogens (tertiary/aromatic N) is 3. The summed E-state index contributed by atoms with van der Waals surface area (Å²) >= 11 is 0. The highest BCUT2D eigenvalue weighted by Crippen LogP contribution is 2.32. The van der Waals surface area contributed by atoms with Crippen molar-refractivity contribution in [1.29, 1.82) is 0 Å². The molecule has 4 aromatic rings. The summed E-state index contributed by atoms with van der Waals surface area (Å²) in [5.74, 6) is -0.407. The summed E-state index contributed by atoms with van der Waals surface area (Å²) in [4.78, 5) is 33.8. The van der Waals surface area contributed by atoms with Gasteiger partial charge in [0, 0.05) is 25.0 Å². The minimum atomic E-state index is -4.53. The zero-order chi connectivity index (χ0) is 22.2. The molecule has 0 fully saturated rings. The lowest BCUT2D eigenvalue weighted by molar-refractivity contribution is -0.137. The Balaban J connectivity index is 1.86. The third-order valence-corrected chi connectivity index (χ3v) is 4.73. The average molecular weight is 424 g/mol. The molecule has 0 radical (unpaired) electrons. The number of aromatic nitrogens is 3. The smallest absolute Gasteiger partial charge is 0.320 e. The number of alkyl halides is 3. The van der Waals surface area contributed by atoms with Gasteiger partial charge in [-0.05, 0) is 36.4 Å². The second kappa shape index (κ2) is 7.67. The monoisotopic (exact) mass is 424 g/mol. The number of carbonyl (C=O) groups is 1. The number of benzene rings is 2. The molecule has 31 heavy (non-hydrogen) atoms. The number of pyridine rings is 1. The molecule has 0 aliphatic rings. The van der Waals surface area contributed by atoms with Crippen LogP contribution in [0.1, 0.15) is 15.9 Å². The summed E-state index contributed by atoms with van der Waals surface area (Å²) in [7, 11) is 1.44. The predicted octanol–water partition coefficient (Wildman–Crippen LogP) is 4.27. The van der Waals surface area contributed by atoms with Crippen LogP contribution in [0.5, 0.6) is 0 Å². The minimum Gasteiger partial charge on any atom is -0.320 e. The van der Waals surface area contributed by atoms with Crippen molar-refractivity contribution in [1.82, 2.24) is 14.5 Å². The first-order chi connectivity index (χ1) is 14.8. The molecule has 0 unspecified atom stereocenters. The lowest BCUT2D eigenvalue weighted by atomic mass is 10.1. The van der Waals surface area contributed by atoms with E-state index in [9.17, 15) is 22.8 Å². The topological polar surface area (TPSA) is 76.9 Å². The second-order valence-corrected chi connectivity index (χ2v) is 6.78. The van der Waals surface area contributed by atoms with E-state index in [2.05, 4.69) is 15.3 Å². The molecular formula is C22H15F3N4O2. The molecule has 0 aliphatic heterocycles. The van der Waals surface area contributed by atoms with Gasteiger partial charge in [-0.2, -0.15) is 13.2 Å². The normalized spacial score (nSPS) is 11.5. The second-order valence-electron chi connectivity index (χ2n) is 6.78. The molecule has 0 spiro atoms. The molecule has 2 aromatic carbocycles. The maximum atomic E-state index is 13.1. The highest BCUT2D eigenvalue weighted by Gasteiger charge is 2.30. The van der Waals surface area contributed by atoms with Crippen molar-refractivity contribution in [3.8, 4) is 11.4 Å². The third-order valence-electron chi connectivity index (χ3n) is 4.73. The van der Waals surface area contributed by atoms with Gasteiger partial charge in [-0.25, -0.2) is 4.98 Å². The summed E-state index contributed by atoms with van der Waals surface area (Å²) in [5.41, 5.74) is -0.425. The quantitative estimate of drug-likeness (QED) is 0.533. The van der Waals surface area contributed by atoms with Gasteiger partial charge < -0.3 is 5.32 Å². The van der Waals surface area contributed by atoms with Crippen molar-refractivity contribution in [2.75, 3.05) is 5.32 Å². The molecule has 156 valence electrons. The lowest BCUT2D eigenvalue weighted by Gasteiger charge is -2.14.